The van der Waals surface area contributed by atoms with Gasteiger partial charge < -0.3 is 21.3 Å². The van der Waals surface area contributed by atoms with Crippen molar-refractivity contribution in [1.29, 1.82) is 0 Å². The average molecular weight is 238 g/mol. The number of hydrogen-bond acceptors (Lipinski definition) is 6. The summed E-state index contributed by atoms with van der Waals surface area (Å²) in [5.41, 5.74) is 5.64. The van der Waals surface area contributed by atoms with Gasteiger partial charge in [-0.3, -0.25) is 0 Å². The number of rotatable bonds is 6. The minimum atomic E-state index is 0.281. The Morgan fingerprint density at radius 2 is 1.88 bits per heavy atom. The van der Waals surface area contributed by atoms with Crippen LogP contribution in [0.2, 0.25) is 0 Å². The highest BCUT2D eigenvalue weighted by molar-refractivity contribution is 5.50. The molecule has 6 heteroatoms. The third-order valence-electron chi connectivity index (χ3n) is 2.56. The van der Waals surface area contributed by atoms with Crippen molar-refractivity contribution in [1.82, 2.24) is 14.9 Å². The van der Waals surface area contributed by atoms with Crippen LogP contribution in [0, 0.1) is 0 Å². The Bertz CT molecular complexity index is 352. The number of anilines is 3. The number of likely N-dealkylation sites (N-methyl/N-ethyl adjacent to an activating group) is 1. The van der Waals surface area contributed by atoms with Crippen LogP contribution in [0.1, 0.15) is 13.8 Å². The van der Waals surface area contributed by atoms with Crippen LogP contribution in [0.5, 0.6) is 0 Å². The predicted molar refractivity (Wildman–Crippen MR) is 72.2 cm³/mol. The van der Waals surface area contributed by atoms with Gasteiger partial charge in [0.05, 0.1) is 0 Å². The second kappa shape index (κ2) is 6.24. The summed E-state index contributed by atoms with van der Waals surface area (Å²) in [7, 11) is 4.09. The van der Waals surface area contributed by atoms with Gasteiger partial charge in [0.2, 0.25) is 5.95 Å². The van der Waals surface area contributed by atoms with E-state index in [9.17, 15) is 0 Å². The summed E-state index contributed by atoms with van der Waals surface area (Å²) in [5.74, 6) is 1.78. The van der Waals surface area contributed by atoms with Crippen LogP contribution in [0.4, 0.5) is 17.6 Å². The molecule has 0 aromatic carbocycles. The number of nitrogens with one attached hydrogen (secondary N) is 2. The minimum Gasteiger partial charge on any atom is -0.370 e. The molecule has 1 aromatic rings. The molecule has 0 spiro atoms. The zero-order valence-electron chi connectivity index (χ0n) is 11.0. The molecule has 96 valence electrons. The standard InChI is InChI=1S/C11H22N6/c1-5-13-9-6-10(16-11(12)15-9)14-7-8(2)17(3)4/h6,8H,5,7H2,1-4H3,(H4,12,13,14,15,16). The Morgan fingerprint density at radius 3 is 2.41 bits per heavy atom. The molecule has 17 heavy (non-hydrogen) atoms. The summed E-state index contributed by atoms with van der Waals surface area (Å²) in [5, 5.41) is 6.37. The highest BCUT2D eigenvalue weighted by Crippen LogP contribution is 2.12. The van der Waals surface area contributed by atoms with Crippen molar-refractivity contribution in [3.8, 4) is 0 Å². The first-order chi connectivity index (χ1) is 8.02. The van der Waals surface area contributed by atoms with E-state index in [1.54, 1.807) is 0 Å². The van der Waals surface area contributed by atoms with Gasteiger partial charge in [0.1, 0.15) is 11.6 Å². The third kappa shape index (κ3) is 4.44. The average Bonchev–Trinajstić information content (AvgIpc) is 2.25. The third-order valence-corrected chi connectivity index (χ3v) is 2.56. The Morgan fingerprint density at radius 1 is 1.29 bits per heavy atom. The van der Waals surface area contributed by atoms with Crippen molar-refractivity contribution in [3.05, 3.63) is 6.07 Å². The van der Waals surface area contributed by atoms with Crippen LogP contribution in [-0.4, -0.2) is 48.1 Å². The maximum Gasteiger partial charge on any atom is 0.223 e. The lowest BCUT2D eigenvalue weighted by Gasteiger charge is -2.20. The number of nitrogens with two attached hydrogens (primary N) is 1. The van der Waals surface area contributed by atoms with Crippen LogP contribution in [0.15, 0.2) is 6.07 Å². The molecule has 0 aliphatic heterocycles. The van der Waals surface area contributed by atoms with Crippen LogP contribution in [0.3, 0.4) is 0 Å². The molecule has 0 saturated carbocycles. The Labute approximate surface area is 103 Å². The summed E-state index contributed by atoms with van der Waals surface area (Å²) >= 11 is 0. The molecule has 1 unspecified atom stereocenters. The van der Waals surface area contributed by atoms with Gasteiger partial charge in [-0.2, -0.15) is 9.97 Å². The van der Waals surface area contributed by atoms with Crippen molar-refractivity contribution in [2.45, 2.75) is 19.9 Å². The summed E-state index contributed by atoms with van der Waals surface area (Å²) in [4.78, 5) is 10.4. The fraction of sp³-hybridized carbons (Fsp3) is 0.636. The second-order valence-corrected chi connectivity index (χ2v) is 4.22. The smallest absolute Gasteiger partial charge is 0.223 e. The molecular formula is C11H22N6. The lowest BCUT2D eigenvalue weighted by atomic mass is 10.3. The first kappa shape index (κ1) is 13.5. The molecule has 1 heterocycles. The molecule has 1 rings (SSSR count). The molecule has 0 amide bonds. The molecule has 1 atom stereocenters. The van der Waals surface area contributed by atoms with Gasteiger partial charge in [-0.1, -0.05) is 0 Å². The van der Waals surface area contributed by atoms with E-state index in [-0.39, 0.29) is 5.95 Å². The Hall–Kier alpha value is -1.56. The van der Waals surface area contributed by atoms with Gasteiger partial charge in [0, 0.05) is 25.2 Å². The highest BCUT2D eigenvalue weighted by Gasteiger charge is 2.06. The monoisotopic (exact) mass is 238 g/mol. The van der Waals surface area contributed by atoms with E-state index in [2.05, 4.69) is 32.4 Å². The lowest BCUT2D eigenvalue weighted by Crippen LogP contribution is -2.31. The number of aromatic nitrogens is 2. The van der Waals surface area contributed by atoms with E-state index in [1.807, 2.05) is 27.1 Å². The first-order valence-electron chi connectivity index (χ1n) is 5.81. The highest BCUT2D eigenvalue weighted by atomic mass is 15.2. The molecule has 0 radical (unpaired) electrons. The van der Waals surface area contributed by atoms with Crippen molar-refractivity contribution in [2.24, 2.45) is 0 Å². The van der Waals surface area contributed by atoms with Crippen molar-refractivity contribution < 1.29 is 0 Å². The van der Waals surface area contributed by atoms with Gasteiger partial charge in [-0.15, -0.1) is 0 Å². The van der Waals surface area contributed by atoms with Gasteiger partial charge in [0.25, 0.3) is 0 Å². The van der Waals surface area contributed by atoms with Crippen LogP contribution in [0.25, 0.3) is 0 Å². The largest absolute Gasteiger partial charge is 0.370 e. The molecule has 1 aromatic heterocycles. The number of hydrogen-bond donors (Lipinski definition) is 3. The van der Waals surface area contributed by atoms with E-state index < -0.39 is 0 Å². The zero-order valence-corrected chi connectivity index (χ0v) is 11.0. The Balaban J connectivity index is 2.64. The lowest BCUT2D eigenvalue weighted by molar-refractivity contribution is 0.326. The van der Waals surface area contributed by atoms with Crippen LogP contribution in [-0.2, 0) is 0 Å². The quantitative estimate of drug-likeness (QED) is 0.682. The van der Waals surface area contributed by atoms with E-state index in [0.29, 0.717) is 6.04 Å². The summed E-state index contributed by atoms with van der Waals surface area (Å²) < 4.78 is 0. The zero-order chi connectivity index (χ0) is 12.8. The maximum absolute atomic E-state index is 5.64. The first-order valence-corrected chi connectivity index (χ1v) is 5.81. The summed E-state index contributed by atoms with van der Waals surface area (Å²) in [6.45, 7) is 5.78. The van der Waals surface area contributed by atoms with Crippen LogP contribution >= 0.6 is 0 Å². The molecule has 4 N–H and O–H groups in total. The predicted octanol–water partition coefficient (Wildman–Crippen LogP) is 0.853. The van der Waals surface area contributed by atoms with E-state index >= 15 is 0 Å². The number of nitrogen functional groups attached to an aromatic ring is 1. The molecule has 0 bridgehead atoms. The van der Waals surface area contributed by atoms with E-state index in [1.165, 1.54) is 0 Å². The maximum atomic E-state index is 5.64. The molecular weight excluding hydrogens is 216 g/mol. The van der Waals surface area contributed by atoms with Gasteiger partial charge in [-0.25, -0.2) is 0 Å². The van der Waals surface area contributed by atoms with Gasteiger partial charge in [0.15, 0.2) is 0 Å². The molecule has 0 aliphatic carbocycles. The van der Waals surface area contributed by atoms with Crippen molar-refractivity contribution >= 4 is 17.6 Å². The van der Waals surface area contributed by atoms with Crippen LogP contribution < -0.4 is 16.4 Å². The summed E-state index contributed by atoms with van der Waals surface area (Å²) in [6, 6.07) is 2.29. The Kier molecular flexibility index (Phi) is 4.96. The fourth-order valence-corrected chi connectivity index (χ4v) is 1.26. The number of nitrogens with zero attached hydrogens (tertiary/aromatic N) is 3. The molecule has 0 fully saturated rings. The normalized spacial score (nSPS) is 12.5. The summed E-state index contributed by atoms with van der Waals surface area (Å²) in [6.07, 6.45) is 0. The molecule has 0 aliphatic rings. The SMILES string of the molecule is CCNc1cc(NCC(C)N(C)C)nc(N)n1. The van der Waals surface area contributed by atoms with E-state index in [4.69, 9.17) is 5.73 Å². The second-order valence-electron chi connectivity index (χ2n) is 4.22. The topological polar surface area (TPSA) is 79.1 Å². The molecule has 0 saturated heterocycles. The minimum absolute atomic E-state index is 0.281. The van der Waals surface area contributed by atoms with Crippen molar-refractivity contribution in [3.63, 3.8) is 0 Å². The van der Waals surface area contributed by atoms with E-state index in [0.717, 1.165) is 24.7 Å². The molecule has 6 nitrogen and oxygen atoms in total. The van der Waals surface area contributed by atoms with Gasteiger partial charge in [-0.05, 0) is 27.9 Å². The van der Waals surface area contributed by atoms with Gasteiger partial charge >= 0.3 is 0 Å². The van der Waals surface area contributed by atoms with Crippen molar-refractivity contribution in [2.75, 3.05) is 43.6 Å². The fourth-order valence-electron chi connectivity index (χ4n) is 1.26.